The van der Waals surface area contributed by atoms with Gasteiger partial charge in [-0.15, -0.1) is 0 Å². The van der Waals surface area contributed by atoms with Crippen molar-refractivity contribution in [3.05, 3.63) is 51.1 Å². The minimum absolute atomic E-state index is 0.266. The molecule has 0 aromatic heterocycles. The summed E-state index contributed by atoms with van der Waals surface area (Å²) >= 11 is 2.26. The first-order valence-electron chi connectivity index (χ1n) is 10.8. The van der Waals surface area contributed by atoms with Crippen molar-refractivity contribution in [3.8, 4) is 6.07 Å². The van der Waals surface area contributed by atoms with E-state index in [1.165, 1.54) is 17.7 Å². The lowest BCUT2D eigenvalue weighted by Gasteiger charge is -2.40. The number of rotatable bonds is 4. The zero-order valence-electron chi connectivity index (χ0n) is 17.5. The first-order valence-corrected chi connectivity index (χ1v) is 11.9. The quantitative estimate of drug-likeness (QED) is 0.531. The molecule has 5 rings (SSSR count). The highest BCUT2D eigenvalue weighted by Gasteiger charge is 2.45. The molecule has 1 spiro atoms. The van der Waals surface area contributed by atoms with Crippen LogP contribution in [0.2, 0.25) is 0 Å². The standard InChI is InChI=1S/C24H23F2IN4O/c25-24(26)14-31(15-24)19-10-16(13-28)9-18(12-19)29-22(32)20-2-1-17(27)11-21(20)30-7-5-23(3-4-23)6-8-30/h1-2,9-12H,3-8,14-15H2,(H,29,32). The first-order chi connectivity index (χ1) is 15.3. The van der Waals surface area contributed by atoms with Crippen LogP contribution in [0.3, 0.4) is 0 Å². The molecule has 2 aromatic rings. The minimum atomic E-state index is -2.71. The van der Waals surface area contributed by atoms with Gasteiger partial charge >= 0.3 is 0 Å². The average Bonchev–Trinajstić information content (AvgIpc) is 3.50. The summed E-state index contributed by atoms with van der Waals surface area (Å²) in [5.41, 5.74) is 3.31. The number of alkyl halides is 2. The number of benzene rings is 2. The highest BCUT2D eigenvalue weighted by atomic mass is 127. The summed E-state index contributed by atoms with van der Waals surface area (Å²) in [6, 6.07) is 12.6. The first kappa shape index (κ1) is 21.4. The van der Waals surface area contributed by atoms with Gasteiger partial charge in [0.2, 0.25) is 0 Å². The molecule has 2 aliphatic heterocycles. The van der Waals surface area contributed by atoms with E-state index in [4.69, 9.17) is 0 Å². The van der Waals surface area contributed by atoms with Gasteiger partial charge in [-0.2, -0.15) is 5.26 Å². The Morgan fingerprint density at radius 2 is 1.75 bits per heavy atom. The second-order valence-corrected chi connectivity index (χ2v) is 10.4. The molecular weight excluding hydrogens is 525 g/mol. The maximum atomic E-state index is 13.3. The fraction of sp³-hybridized carbons (Fsp3) is 0.417. The molecule has 2 saturated heterocycles. The van der Waals surface area contributed by atoms with Crippen molar-refractivity contribution in [1.29, 1.82) is 5.26 Å². The topological polar surface area (TPSA) is 59.4 Å². The number of nitrogens with one attached hydrogen (secondary N) is 1. The number of nitrogens with zero attached hydrogens (tertiary/aromatic N) is 3. The Hall–Kier alpha value is -2.41. The lowest BCUT2D eigenvalue weighted by Crippen LogP contribution is -2.56. The Morgan fingerprint density at radius 1 is 1.03 bits per heavy atom. The number of carbonyl (C=O) groups is 1. The number of piperidine rings is 1. The molecule has 0 bridgehead atoms. The van der Waals surface area contributed by atoms with Crippen LogP contribution in [0.15, 0.2) is 36.4 Å². The summed E-state index contributed by atoms with van der Waals surface area (Å²) < 4.78 is 27.7. The van der Waals surface area contributed by atoms with Gasteiger partial charge in [-0.05, 0) is 90.1 Å². The van der Waals surface area contributed by atoms with E-state index >= 15 is 0 Å². The van der Waals surface area contributed by atoms with Crippen molar-refractivity contribution >= 4 is 45.6 Å². The van der Waals surface area contributed by atoms with Crippen LogP contribution in [0.25, 0.3) is 0 Å². The van der Waals surface area contributed by atoms with Crippen molar-refractivity contribution in [3.63, 3.8) is 0 Å². The second-order valence-electron chi connectivity index (χ2n) is 9.20. The summed E-state index contributed by atoms with van der Waals surface area (Å²) in [6.45, 7) is 1.12. The van der Waals surface area contributed by atoms with E-state index in [1.807, 2.05) is 18.2 Å². The van der Waals surface area contributed by atoms with Gasteiger partial charge in [0, 0.05) is 28.0 Å². The van der Waals surface area contributed by atoms with Gasteiger partial charge in [0.25, 0.3) is 11.8 Å². The van der Waals surface area contributed by atoms with Crippen LogP contribution in [0.1, 0.15) is 41.6 Å². The number of halogens is 3. The number of carbonyl (C=O) groups excluding carboxylic acids is 1. The molecule has 1 aliphatic carbocycles. The number of anilines is 3. The average molecular weight is 548 g/mol. The third-order valence-electron chi connectivity index (χ3n) is 6.84. The fourth-order valence-electron chi connectivity index (χ4n) is 4.68. The molecule has 2 aromatic carbocycles. The fourth-order valence-corrected chi connectivity index (χ4v) is 5.16. The van der Waals surface area contributed by atoms with Crippen LogP contribution in [-0.2, 0) is 0 Å². The molecule has 5 nitrogen and oxygen atoms in total. The highest BCUT2D eigenvalue weighted by molar-refractivity contribution is 14.1. The highest BCUT2D eigenvalue weighted by Crippen LogP contribution is 2.54. The molecule has 166 valence electrons. The monoisotopic (exact) mass is 548 g/mol. The molecule has 32 heavy (non-hydrogen) atoms. The molecule has 8 heteroatoms. The third-order valence-corrected chi connectivity index (χ3v) is 7.51. The predicted octanol–water partition coefficient (Wildman–Crippen LogP) is 5.25. The Labute approximate surface area is 199 Å². The van der Waals surface area contributed by atoms with Crippen molar-refractivity contribution < 1.29 is 13.6 Å². The van der Waals surface area contributed by atoms with Crippen molar-refractivity contribution in [2.75, 3.05) is 41.3 Å². The number of amides is 1. The summed E-state index contributed by atoms with van der Waals surface area (Å²) in [6.07, 6.45) is 4.96. The summed E-state index contributed by atoms with van der Waals surface area (Å²) in [5, 5.41) is 12.3. The molecule has 1 N–H and O–H groups in total. The normalized spacial score (nSPS) is 20.4. The van der Waals surface area contributed by atoms with Gasteiger partial charge in [0.05, 0.1) is 36.0 Å². The van der Waals surface area contributed by atoms with Gasteiger partial charge in [-0.3, -0.25) is 4.79 Å². The lowest BCUT2D eigenvalue weighted by molar-refractivity contribution is -0.0262. The predicted molar refractivity (Wildman–Crippen MR) is 129 cm³/mol. The van der Waals surface area contributed by atoms with Crippen LogP contribution in [0.4, 0.5) is 25.8 Å². The van der Waals surface area contributed by atoms with E-state index in [0.29, 0.717) is 27.9 Å². The van der Waals surface area contributed by atoms with Crippen molar-refractivity contribution in [1.82, 2.24) is 0 Å². The molecule has 1 saturated carbocycles. The van der Waals surface area contributed by atoms with Crippen molar-refractivity contribution in [2.24, 2.45) is 5.41 Å². The van der Waals surface area contributed by atoms with Crippen LogP contribution in [0.5, 0.6) is 0 Å². The van der Waals surface area contributed by atoms with E-state index < -0.39 is 5.92 Å². The Balaban J connectivity index is 1.38. The summed E-state index contributed by atoms with van der Waals surface area (Å²) in [7, 11) is 0. The molecule has 1 amide bonds. The summed E-state index contributed by atoms with van der Waals surface area (Å²) in [5.74, 6) is -2.98. The van der Waals surface area contributed by atoms with Crippen LogP contribution >= 0.6 is 22.6 Å². The number of hydrogen-bond donors (Lipinski definition) is 1. The van der Waals surface area contributed by atoms with Gasteiger partial charge in [0.15, 0.2) is 0 Å². The maximum absolute atomic E-state index is 13.3. The lowest BCUT2D eigenvalue weighted by atomic mass is 9.93. The van der Waals surface area contributed by atoms with Gasteiger partial charge in [0.1, 0.15) is 0 Å². The SMILES string of the molecule is N#Cc1cc(NC(=O)c2ccc(I)cc2N2CCC3(CC2)CC3)cc(N2CC(F)(F)C2)c1. The second kappa shape index (κ2) is 7.87. The van der Waals surface area contributed by atoms with Gasteiger partial charge in [-0.1, -0.05) is 0 Å². The van der Waals surface area contributed by atoms with Crippen molar-refractivity contribution in [2.45, 2.75) is 31.6 Å². The zero-order chi connectivity index (χ0) is 22.5. The Morgan fingerprint density at radius 3 is 2.38 bits per heavy atom. The molecule has 0 atom stereocenters. The molecular formula is C24H23F2IN4O. The molecule has 2 heterocycles. The van der Waals surface area contributed by atoms with E-state index in [9.17, 15) is 18.8 Å². The van der Waals surface area contributed by atoms with Crippen LogP contribution < -0.4 is 15.1 Å². The Bertz CT molecular complexity index is 1110. The molecule has 0 radical (unpaired) electrons. The maximum Gasteiger partial charge on any atom is 0.282 e. The van der Waals surface area contributed by atoms with E-state index in [2.05, 4.69) is 38.9 Å². The Kier molecular flexibility index (Phi) is 5.27. The number of hydrogen-bond acceptors (Lipinski definition) is 4. The van der Waals surface area contributed by atoms with Gasteiger partial charge in [-0.25, -0.2) is 8.78 Å². The van der Waals surface area contributed by atoms with E-state index in [1.54, 1.807) is 18.2 Å². The third kappa shape index (κ3) is 4.27. The molecule has 3 fully saturated rings. The molecule has 3 aliphatic rings. The van der Waals surface area contributed by atoms with E-state index in [-0.39, 0.29) is 19.0 Å². The van der Waals surface area contributed by atoms with Crippen LogP contribution in [0, 0.1) is 20.3 Å². The zero-order valence-corrected chi connectivity index (χ0v) is 19.7. The minimum Gasteiger partial charge on any atom is -0.371 e. The molecule has 0 unspecified atom stereocenters. The van der Waals surface area contributed by atoms with Gasteiger partial charge < -0.3 is 15.1 Å². The largest absolute Gasteiger partial charge is 0.371 e. The van der Waals surface area contributed by atoms with E-state index in [0.717, 1.165) is 35.2 Å². The smallest absolute Gasteiger partial charge is 0.282 e. The number of nitriles is 1. The summed E-state index contributed by atoms with van der Waals surface area (Å²) in [4.78, 5) is 17.0. The van der Waals surface area contributed by atoms with Crippen LogP contribution in [-0.4, -0.2) is 38.0 Å².